The Labute approximate surface area is 120 Å². The maximum atomic E-state index is 11.9. The molecule has 2 rings (SSSR count). The van der Waals surface area contributed by atoms with Crippen LogP contribution in [0.1, 0.15) is 20.1 Å². The van der Waals surface area contributed by atoms with Gasteiger partial charge in [-0.25, -0.2) is 9.78 Å². The van der Waals surface area contributed by atoms with Gasteiger partial charge in [0.05, 0.1) is 6.10 Å². The van der Waals surface area contributed by atoms with Crippen molar-refractivity contribution >= 4 is 5.95 Å². The summed E-state index contributed by atoms with van der Waals surface area (Å²) in [6, 6.07) is 0. The van der Waals surface area contributed by atoms with Crippen molar-refractivity contribution in [3.63, 3.8) is 0 Å². The van der Waals surface area contributed by atoms with Gasteiger partial charge in [-0.3, -0.25) is 4.57 Å². The zero-order valence-corrected chi connectivity index (χ0v) is 11.5. The second-order valence-corrected chi connectivity index (χ2v) is 4.74. The number of nitrogen functional groups attached to an aromatic ring is 1. The highest BCUT2D eigenvalue weighted by Crippen LogP contribution is 2.38. The molecule has 0 bridgehead atoms. The van der Waals surface area contributed by atoms with Gasteiger partial charge in [0, 0.05) is 0 Å². The number of aliphatic hydroxyl groups excluding tert-OH is 2. The van der Waals surface area contributed by atoms with E-state index in [-0.39, 0.29) is 5.95 Å². The van der Waals surface area contributed by atoms with Gasteiger partial charge in [0.1, 0.15) is 18.5 Å². The van der Waals surface area contributed by atoms with Crippen molar-refractivity contribution in [1.82, 2.24) is 14.5 Å². The van der Waals surface area contributed by atoms with Crippen LogP contribution in [0.25, 0.3) is 0 Å². The molecule has 1 unspecified atom stereocenters. The highest BCUT2D eigenvalue weighted by Gasteiger charge is 2.57. The number of nitrogens with zero attached hydrogens (tertiary/aromatic N) is 3. The average molecular weight is 296 g/mol. The van der Waals surface area contributed by atoms with E-state index in [1.807, 2.05) is 0 Å². The summed E-state index contributed by atoms with van der Waals surface area (Å²) in [7, 11) is 0. The lowest BCUT2D eigenvalue weighted by Gasteiger charge is -2.26. The Morgan fingerprint density at radius 3 is 2.81 bits per heavy atom. The first-order valence-corrected chi connectivity index (χ1v) is 6.19. The van der Waals surface area contributed by atoms with E-state index >= 15 is 0 Å². The average Bonchev–Trinajstić information content (AvgIpc) is 2.64. The SMILES string of the molecule is CC#C[C@@]1(O)C(O)[C@@H]([C@H](C)O)O[C@H]1n1cnc(N)nc1=O. The zero-order valence-electron chi connectivity index (χ0n) is 11.5. The maximum Gasteiger partial charge on any atom is 0.354 e. The van der Waals surface area contributed by atoms with Crippen LogP contribution in [0.3, 0.4) is 0 Å². The van der Waals surface area contributed by atoms with Gasteiger partial charge in [-0.1, -0.05) is 5.92 Å². The minimum absolute atomic E-state index is 0.230. The van der Waals surface area contributed by atoms with Gasteiger partial charge in [0.15, 0.2) is 11.8 Å². The highest BCUT2D eigenvalue weighted by atomic mass is 16.6. The molecule has 2 heterocycles. The summed E-state index contributed by atoms with van der Waals surface area (Å²) in [5.41, 5.74) is 2.40. The summed E-state index contributed by atoms with van der Waals surface area (Å²) in [6.07, 6.45) is -4.05. The molecule has 0 amide bonds. The van der Waals surface area contributed by atoms with Gasteiger partial charge in [-0.15, -0.1) is 5.92 Å². The van der Waals surface area contributed by atoms with E-state index in [1.54, 1.807) is 0 Å². The number of anilines is 1. The molecule has 1 aromatic heterocycles. The van der Waals surface area contributed by atoms with Crippen LogP contribution in [0.4, 0.5) is 5.95 Å². The molecule has 1 aromatic rings. The third kappa shape index (κ3) is 2.50. The molecule has 0 saturated carbocycles. The van der Waals surface area contributed by atoms with Gasteiger partial charge >= 0.3 is 5.69 Å². The van der Waals surface area contributed by atoms with Crippen LogP contribution in [0, 0.1) is 11.8 Å². The molecular weight excluding hydrogens is 280 g/mol. The monoisotopic (exact) mass is 296 g/mol. The molecule has 0 aromatic carbocycles. The Kier molecular flexibility index (Phi) is 3.97. The molecule has 1 saturated heterocycles. The molecular formula is C12H16N4O5. The molecule has 9 heteroatoms. The fourth-order valence-corrected chi connectivity index (χ4v) is 2.23. The Morgan fingerprint density at radius 2 is 2.29 bits per heavy atom. The Hall–Kier alpha value is -1.99. The van der Waals surface area contributed by atoms with E-state index < -0.39 is 35.8 Å². The van der Waals surface area contributed by atoms with Gasteiger partial charge < -0.3 is 25.8 Å². The topological polar surface area (TPSA) is 144 Å². The molecule has 0 aliphatic carbocycles. The van der Waals surface area contributed by atoms with Crippen LogP contribution < -0.4 is 11.4 Å². The van der Waals surface area contributed by atoms with Gasteiger partial charge in [0.2, 0.25) is 5.95 Å². The quantitative estimate of drug-likeness (QED) is 0.443. The van der Waals surface area contributed by atoms with Crippen LogP contribution in [-0.4, -0.2) is 53.8 Å². The predicted octanol–water partition coefficient (Wildman–Crippen LogP) is -2.39. The number of aliphatic hydroxyl groups is 3. The maximum absolute atomic E-state index is 11.9. The first-order valence-electron chi connectivity index (χ1n) is 6.19. The summed E-state index contributed by atoms with van der Waals surface area (Å²) in [6.45, 7) is 2.85. The third-order valence-corrected chi connectivity index (χ3v) is 3.22. The molecule has 1 aliphatic heterocycles. The van der Waals surface area contributed by atoms with Gasteiger partial charge in [-0.05, 0) is 13.8 Å². The largest absolute Gasteiger partial charge is 0.391 e. The van der Waals surface area contributed by atoms with Crippen molar-refractivity contribution in [2.45, 2.75) is 44.0 Å². The van der Waals surface area contributed by atoms with Gasteiger partial charge in [-0.2, -0.15) is 4.98 Å². The van der Waals surface area contributed by atoms with E-state index in [4.69, 9.17) is 10.5 Å². The lowest BCUT2D eigenvalue weighted by molar-refractivity contribution is -0.0888. The van der Waals surface area contributed by atoms with Crippen LogP contribution in [0.5, 0.6) is 0 Å². The molecule has 5 atom stereocenters. The van der Waals surface area contributed by atoms with Crippen molar-refractivity contribution in [1.29, 1.82) is 0 Å². The number of hydrogen-bond donors (Lipinski definition) is 4. The Balaban J connectivity index is 2.54. The van der Waals surface area contributed by atoms with Crippen molar-refractivity contribution in [2.24, 2.45) is 0 Å². The van der Waals surface area contributed by atoms with Crippen LogP contribution >= 0.6 is 0 Å². The number of ether oxygens (including phenoxy) is 1. The molecule has 114 valence electrons. The second-order valence-electron chi connectivity index (χ2n) is 4.74. The Bertz CT molecular complexity index is 649. The van der Waals surface area contributed by atoms with Crippen molar-refractivity contribution in [3.8, 4) is 11.8 Å². The molecule has 21 heavy (non-hydrogen) atoms. The Morgan fingerprint density at radius 1 is 1.62 bits per heavy atom. The number of aromatic nitrogens is 3. The summed E-state index contributed by atoms with van der Waals surface area (Å²) in [5.74, 6) is 4.66. The fourth-order valence-electron chi connectivity index (χ4n) is 2.23. The third-order valence-electron chi connectivity index (χ3n) is 3.22. The predicted molar refractivity (Wildman–Crippen MR) is 70.7 cm³/mol. The summed E-state index contributed by atoms with van der Waals surface area (Å²) in [5, 5.41) is 30.4. The standard InChI is InChI=1S/C12H16N4O5/c1-3-4-12(20)8(18)7(6(2)17)21-9(12)16-5-14-10(13)15-11(16)19/h5-9,17-18,20H,1-2H3,(H2,13,15,19)/t6-,7+,8?,9+,12+/m0/s1. The van der Waals surface area contributed by atoms with E-state index in [0.717, 1.165) is 10.9 Å². The molecule has 9 nitrogen and oxygen atoms in total. The number of rotatable bonds is 2. The van der Waals surface area contributed by atoms with Crippen molar-refractivity contribution in [3.05, 3.63) is 16.8 Å². The van der Waals surface area contributed by atoms with Crippen LogP contribution in [-0.2, 0) is 4.74 Å². The summed E-state index contributed by atoms with van der Waals surface area (Å²) >= 11 is 0. The number of nitrogens with two attached hydrogens (primary N) is 1. The van der Waals surface area contributed by atoms with E-state index in [2.05, 4.69) is 21.8 Å². The summed E-state index contributed by atoms with van der Waals surface area (Å²) < 4.78 is 6.27. The van der Waals surface area contributed by atoms with Crippen molar-refractivity contribution < 1.29 is 20.1 Å². The fraction of sp³-hybridized carbons (Fsp3) is 0.583. The van der Waals surface area contributed by atoms with Crippen LogP contribution in [0.15, 0.2) is 11.1 Å². The normalized spacial score (nSPS) is 33.3. The highest BCUT2D eigenvalue weighted by molar-refractivity contribution is 5.22. The lowest BCUT2D eigenvalue weighted by atomic mass is 9.93. The minimum atomic E-state index is -2.08. The van der Waals surface area contributed by atoms with Gasteiger partial charge in [0.25, 0.3) is 0 Å². The molecule has 5 N–H and O–H groups in total. The van der Waals surface area contributed by atoms with Crippen molar-refractivity contribution in [2.75, 3.05) is 5.73 Å². The first kappa shape index (κ1) is 15.4. The van der Waals surface area contributed by atoms with E-state index in [1.165, 1.54) is 13.8 Å². The van der Waals surface area contributed by atoms with E-state index in [0.29, 0.717) is 0 Å². The summed E-state index contributed by atoms with van der Waals surface area (Å²) in [4.78, 5) is 18.9. The lowest BCUT2D eigenvalue weighted by Crippen LogP contribution is -2.48. The molecule has 0 spiro atoms. The molecule has 1 fully saturated rings. The number of hydrogen-bond acceptors (Lipinski definition) is 8. The minimum Gasteiger partial charge on any atom is -0.391 e. The smallest absolute Gasteiger partial charge is 0.354 e. The molecule has 0 radical (unpaired) electrons. The first-order chi connectivity index (χ1) is 9.81. The van der Waals surface area contributed by atoms with Crippen LogP contribution in [0.2, 0.25) is 0 Å². The second kappa shape index (κ2) is 5.42. The van der Waals surface area contributed by atoms with E-state index in [9.17, 15) is 20.1 Å². The molecule has 1 aliphatic rings. The zero-order chi connectivity index (χ0) is 15.8.